The molecule has 2 heterocycles. The minimum atomic E-state index is -0.752. The van der Waals surface area contributed by atoms with Crippen LogP contribution in [0.2, 0.25) is 0 Å². The van der Waals surface area contributed by atoms with Crippen LogP contribution in [-0.2, 0) is 20.8 Å². The maximum Gasteiger partial charge on any atom is 0.243 e. The van der Waals surface area contributed by atoms with Gasteiger partial charge in [0.1, 0.15) is 6.04 Å². The zero-order valence-electron chi connectivity index (χ0n) is 13.9. The van der Waals surface area contributed by atoms with E-state index in [1.54, 1.807) is 6.92 Å². The Labute approximate surface area is 140 Å². The maximum atomic E-state index is 12.2. The number of hydrogen-bond donors (Lipinski definition) is 2. The molecular weight excluding hydrogens is 306 g/mol. The summed E-state index contributed by atoms with van der Waals surface area (Å²) in [6.45, 7) is 4.09. The van der Waals surface area contributed by atoms with Gasteiger partial charge in [-0.05, 0) is 37.5 Å². The van der Waals surface area contributed by atoms with Crippen molar-refractivity contribution >= 4 is 28.6 Å². The lowest BCUT2D eigenvalue weighted by Crippen LogP contribution is -2.47. The molecule has 1 atom stereocenters. The first-order valence-corrected chi connectivity index (χ1v) is 8.16. The van der Waals surface area contributed by atoms with Crippen molar-refractivity contribution in [3.63, 3.8) is 0 Å². The van der Waals surface area contributed by atoms with Gasteiger partial charge in [0.25, 0.3) is 0 Å². The number of aromatic amines is 1. The van der Waals surface area contributed by atoms with Gasteiger partial charge in [-0.1, -0.05) is 12.1 Å². The molecule has 1 aromatic carbocycles. The zero-order chi connectivity index (χ0) is 17.3. The summed E-state index contributed by atoms with van der Waals surface area (Å²) in [5, 5.41) is 3.96. The highest BCUT2D eigenvalue weighted by atomic mass is 16.2. The summed E-state index contributed by atoms with van der Waals surface area (Å²) in [5.41, 5.74) is 3.40. The summed E-state index contributed by atoms with van der Waals surface area (Å²) in [5.74, 6) is -0.835. The summed E-state index contributed by atoms with van der Waals surface area (Å²) < 4.78 is 0. The van der Waals surface area contributed by atoms with Crippen LogP contribution in [-0.4, -0.2) is 40.2 Å². The molecule has 24 heavy (non-hydrogen) atoms. The second kappa shape index (κ2) is 6.47. The first-order valence-electron chi connectivity index (χ1n) is 8.16. The van der Waals surface area contributed by atoms with E-state index in [0.717, 1.165) is 21.4 Å². The second-order valence-electron chi connectivity index (χ2n) is 6.24. The number of aromatic nitrogens is 1. The molecule has 6 heteroatoms. The Hall–Kier alpha value is -2.63. The van der Waals surface area contributed by atoms with Crippen LogP contribution in [0.25, 0.3) is 10.9 Å². The highest BCUT2D eigenvalue weighted by molar-refractivity contribution is 6.05. The topological polar surface area (TPSA) is 82.3 Å². The average Bonchev–Trinajstić information content (AvgIpc) is 3.09. The lowest BCUT2D eigenvalue weighted by Gasteiger charge is -2.21. The SMILES string of the molecule is Cc1ccc2c(CCNC(=O)C(C)N3C(=O)CCC3=O)c[nH]c2c1. The van der Waals surface area contributed by atoms with Crippen molar-refractivity contribution in [3.05, 3.63) is 35.5 Å². The van der Waals surface area contributed by atoms with Crippen LogP contribution >= 0.6 is 0 Å². The van der Waals surface area contributed by atoms with Gasteiger partial charge in [0.05, 0.1) is 0 Å². The monoisotopic (exact) mass is 327 g/mol. The van der Waals surface area contributed by atoms with Gasteiger partial charge in [-0.15, -0.1) is 0 Å². The number of likely N-dealkylation sites (tertiary alicyclic amines) is 1. The van der Waals surface area contributed by atoms with E-state index in [4.69, 9.17) is 0 Å². The lowest BCUT2D eigenvalue weighted by atomic mass is 10.1. The summed E-state index contributed by atoms with van der Waals surface area (Å²) >= 11 is 0. The van der Waals surface area contributed by atoms with E-state index >= 15 is 0 Å². The van der Waals surface area contributed by atoms with E-state index in [2.05, 4.69) is 28.5 Å². The van der Waals surface area contributed by atoms with E-state index in [1.807, 2.05) is 13.1 Å². The van der Waals surface area contributed by atoms with Gasteiger partial charge in [0.15, 0.2) is 0 Å². The summed E-state index contributed by atoms with van der Waals surface area (Å²) in [6.07, 6.45) is 3.03. The molecule has 1 saturated heterocycles. The predicted octanol–water partition coefficient (Wildman–Crippen LogP) is 1.67. The number of H-pyrrole nitrogens is 1. The normalized spacial score (nSPS) is 16.0. The van der Waals surface area contributed by atoms with Crippen molar-refractivity contribution in [2.75, 3.05) is 6.54 Å². The minimum Gasteiger partial charge on any atom is -0.361 e. The number of nitrogens with zero attached hydrogens (tertiary/aromatic N) is 1. The largest absolute Gasteiger partial charge is 0.361 e. The van der Waals surface area contributed by atoms with Gasteiger partial charge in [-0.25, -0.2) is 0 Å². The number of fused-ring (bicyclic) bond motifs is 1. The molecule has 0 aliphatic carbocycles. The first-order chi connectivity index (χ1) is 11.5. The Morgan fingerprint density at radius 1 is 1.29 bits per heavy atom. The Bertz CT molecular complexity index is 793. The number of nitrogens with one attached hydrogen (secondary N) is 2. The Kier molecular flexibility index (Phi) is 4.38. The number of rotatable bonds is 5. The van der Waals surface area contributed by atoms with Crippen molar-refractivity contribution in [1.82, 2.24) is 15.2 Å². The van der Waals surface area contributed by atoms with Crippen molar-refractivity contribution in [1.29, 1.82) is 0 Å². The van der Waals surface area contributed by atoms with Crippen LogP contribution in [0.3, 0.4) is 0 Å². The Balaban J connectivity index is 1.58. The van der Waals surface area contributed by atoms with Gasteiger partial charge in [0.2, 0.25) is 17.7 Å². The fourth-order valence-corrected chi connectivity index (χ4v) is 3.12. The van der Waals surface area contributed by atoms with Crippen LogP contribution in [0.1, 0.15) is 30.9 Å². The van der Waals surface area contributed by atoms with E-state index in [-0.39, 0.29) is 30.6 Å². The predicted molar refractivity (Wildman–Crippen MR) is 90.3 cm³/mol. The van der Waals surface area contributed by atoms with Gasteiger partial charge in [0, 0.05) is 36.5 Å². The summed E-state index contributed by atoms with van der Waals surface area (Å²) in [6, 6.07) is 5.47. The molecule has 2 aromatic rings. The highest BCUT2D eigenvalue weighted by Crippen LogP contribution is 2.20. The van der Waals surface area contributed by atoms with Crippen LogP contribution in [0, 0.1) is 6.92 Å². The number of carbonyl (C=O) groups is 3. The molecule has 0 saturated carbocycles. The molecule has 3 rings (SSSR count). The molecule has 6 nitrogen and oxygen atoms in total. The van der Waals surface area contributed by atoms with Gasteiger partial charge in [-0.3, -0.25) is 19.3 Å². The van der Waals surface area contributed by atoms with Crippen LogP contribution in [0.5, 0.6) is 0 Å². The third kappa shape index (κ3) is 3.04. The van der Waals surface area contributed by atoms with Crippen LogP contribution < -0.4 is 5.32 Å². The molecule has 1 unspecified atom stereocenters. The third-order valence-electron chi connectivity index (χ3n) is 4.47. The van der Waals surface area contributed by atoms with Gasteiger partial charge < -0.3 is 10.3 Å². The molecule has 0 bridgehead atoms. The minimum absolute atomic E-state index is 0.200. The second-order valence-corrected chi connectivity index (χ2v) is 6.24. The summed E-state index contributed by atoms with van der Waals surface area (Å²) in [7, 11) is 0. The number of benzene rings is 1. The zero-order valence-corrected chi connectivity index (χ0v) is 13.9. The van der Waals surface area contributed by atoms with E-state index in [1.165, 1.54) is 5.56 Å². The van der Waals surface area contributed by atoms with Gasteiger partial charge in [-0.2, -0.15) is 0 Å². The highest BCUT2D eigenvalue weighted by Gasteiger charge is 2.35. The average molecular weight is 327 g/mol. The molecule has 1 aliphatic heterocycles. The Morgan fingerprint density at radius 2 is 2.00 bits per heavy atom. The summed E-state index contributed by atoms with van der Waals surface area (Å²) in [4.78, 5) is 39.9. The molecular formula is C18H21N3O3. The fourth-order valence-electron chi connectivity index (χ4n) is 3.12. The van der Waals surface area contributed by atoms with Crippen LogP contribution in [0.4, 0.5) is 0 Å². The molecule has 126 valence electrons. The van der Waals surface area contributed by atoms with Crippen molar-refractivity contribution in [2.45, 2.75) is 39.2 Å². The standard InChI is InChI=1S/C18H21N3O3/c1-11-3-4-14-13(10-20-15(14)9-11)7-8-19-18(24)12(2)21-16(22)5-6-17(21)23/h3-4,9-10,12,20H,5-8H2,1-2H3,(H,19,24). The van der Waals surface area contributed by atoms with Crippen LogP contribution in [0.15, 0.2) is 24.4 Å². The van der Waals surface area contributed by atoms with Crippen molar-refractivity contribution in [2.24, 2.45) is 0 Å². The number of hydrogen-bond acceptors (Lipinski definition) is 3. The van der Waals surface area contributed by atoms with E-state index in [0.29, 0.717) is 13.0 Å². The van der Waals surface area contributed by atoms with E-state index < -0.39 is 6.04 Å². The molecule has 2 N–H and O–H groups in total. The molecule has 0 radical (unpaired) electrons. The molecule has 0 spiro atoms. The number of carbonyl (C=O) groups excluding carboxylic acids is 3. The quantitative estimate of drug-likeness (QED) is 0.820. The molecule has 1 fully saturated rings. The van der Waals surface area contributed by atoms with Crippen molar-refractivity contribution < 1.29 is 14.4 Å². The smallest absolute Gasteiger partial charge is 0.243 e. The molecule has 3 amide bonds. The fraction of sp³-hybridized carbons (Fsp3) is 0.389. The first kappa shape index (κ1) is 16.2. The molecule has 1 aliphatic rings. The Morgan fingerprint density at radius 3 is 2.71 bits per heavy atom. The van der Waals surface area contributed by atoms with Crippen molar-refractivity contribution in [3.8, 4) is 0 Å². The van der Waals surface area contributed by atoms with Gasteiger partial charge >= 0.3 is 0 Å². The number of amides is 3. The third-order valence-corrected chi connectivity index (χ3v) is 4.47. The number of aryl methyl sites for hydroxylation is 1. The molecule has 1 aromatic heterocycles. The lowest BCUT2D eigenvalue weighted by molar-refractivity contribution is -0.146. The number of imide groups is 1. The van der Waals surface area contributed by atoms with E-state index in [9.17, 15) is 14.4 Å². The maximum absolute atomic E-state index is 12.2.